The van der Waals surface area contributed by atoms with Gasteiger partial charge in [0.1, 0.15) is 0 Å². The number of anilines is 1. The van der Waals surface area contributed by atoms with Crippen molar-refractivity contribution in [1.29, 1.82) is 0 Å². The van der Waals surface area contributed by atoms with Gasteiger partial charge in [0.2, 0.25) is 15.9 Å². The van der Waals surface area contributed by atoms with Crippen LogP contribution in [0.25, 0.3) is 0 Å². The minimum atomic E-state index is -3.29. The topological polar surface area (TPSA) is 66.5 Å². The number of hydrogen-bond acceptors (Lipinski definition) is 3. The Hall–Kier alpha value is -1.40. The molecule has 0 heterocycles. The molecule has 1 aromatic rings. The van der Waals surface area contributed by atoms with E-state index in [4.69, 9.17) is 0 Å². The molecule has 1 amide bonds. The number of carbonyl (C=O) groups is 1. The van der Waals surface area contributed by atoms with Gasteiger partial charge in [-0.25, -0.2) is 8.42 Å². The number of nitrogens with zero attached hydrogens (tertiary/aromatic N) is 1. The maximum absolute atomic E-state index is 11.8. The highest BCUT2D eigenvalue weighted by Crippen LogP contribution is 2.11. The zero-order chi connectivity index (χ0) is 15.3. The van der Waals surface area contributed by atoms with Crippen molar-refractivity contribution in [1.82, 2.24) is 4.31 Å². The normalized spacial score (nSPS) is 11.9. The second-order valence-electron chi connectivity index (χ2n) is 5.14. The monoisotopic (exact) mass is 298 g/mol. The third-order valence-electron chi connectivity index (χ3n) is 2.86. The van der Waals surface area contributed by atoms with Crippen LogP contribution in [0.1, 0.15) is 25.8 Å². The SMILES string of the molecule is Cc1cccc(NC(=O)CCN(C(C)C)S(C)(=O)=O)c1. The highest BCUT2D eigenvalue weighted by Gasteiger charge is 2.20. The van der Waals surface area contributed by atoms with Gasteiger partial charge in [-0.15, -0.1) is 0 Å². The number of nitrogens with one attached hydrogen (secondary N) is 1. The summed E-state index contributed by atoms with van der Waals surface area (Å²) in [6.45, 7) is 5.72. The number of hydrogen-bond donors (Lipinski definition) is 1. The molecule has 0 spiro atoms. The van der Waals surface area contributed by atoms with Gasteiger partial charge in [-0.05, 0) is 38.5 Å². The van der Waals surface area contributed by atoms with Crippen LogP contribution in [0.3, 0.4) is 0 Å². The van der Waals surface area contributed by atoms with Crippen molar-refractivity contribution in [3.8, 4) is 0 Å². The lowest BCUT2D eigenvalue weighted by atomic mass is 10.2. The molecule has 0 saturated heterocycles. The van der Waals surface area contributed by atoms with Gasteiger partial charge in [-0.2, -0.15) is 4.31 Å². The predicted molar refractivity (Wildman–Crippen MR) is 81.1 cm³/mol. The van der Waals surface area contributed by atoms with Crippen molar-refractivity contribution < 1.29 is 13.2 Å². The number of rotatable bonds is 6. The van der Waals surface area contributed by atoms with Crippen LogP contribution >= 0.6 is 0 Å². The van der Waals surface area contributed by atoms with E-state index in [2.05, 4.69) is 5.32 Å². The number of aryl methyl sites for hydroxylation is 1. The van der Waals surface area contributed by atoms with E-state index in [1.165, 1.54) is 4.31 Å². The molecule has 0 aliphatic heterocycles. The van der Waals surface area contributed by atoms with Crippen LogP contribution < -0.4 is 5.32 Å². The fraction of sp³-hybridized carbons (Fsp3) is 0.500. The molecule has 112 valence electrons. The lowest BCUT2D eigenvalue weighted by Gasteiger charge is -2.23. The van der Waals surface area contributed by atoms with E-state index in [1.807, 2.05) is 31.2 Å². The summed E-state index contributed by atoms with van der Waals surface area (Å²) in [6.07, 6.45) is 1.30. The molecule has 0 unspecified atom stereocenters. The van der Waals surface area contributed by atoms with Gasteiger partial charge < -0.3 is 5.32 Å². The Morgan fingerprint density at radius 1 is 1.35 bits per heavy atom. The summed E-state index contributed by atoms with van der Waals surface area (Å²) in [7, 11) is -3.29. The predicted octanol–water partition coefficient (Wildman–Crippen LogP) is 1.99. The fourth-order valence-corrected chi connectivity index (χ4v) is 3.15. The molecular formula is C14H22N2O3S. The van der Waals surface area contributed by atoms with Crippen LogP contribution in [0.4, 0.5) is 5.69 Å². The molecule has 0 aliphatic rings. The number of benzene rings is 1. The van der Waals surface area contributed by atoms with E-state index in [0.29, 0.717) is 0 Å². The molecule has 1 rings (SSSR count). The number of sulfonamides is 1. The number of carbonyl (C=O) groups excluding carboxylic acids is 1. The minimum Gasteiger partial charge on any atom is -0.326 e. The molecule has 5 nitrogen and oxygen atoms in total. The zero-order valence-corrected chi connectivity index (χ0v) is 13.2. The zero-order valence-electron chi connectivity index (χ0n) is 12.4. The van der Waals surface area contributed by atoms with E-state index in [-0.39, 0.29) is 24.9 Å². The largest absolute Gasteiger partial charge is 0.326 e. The third kappa shape index (κ3) is 5.30. The first-order valence-electron chi connectivity index (χ1n) is 6.53. The second-order valence-corrected chi connectivity index (χ2v) is 7.07. The van der Waals surface area contributed by atoms with E-state index >= 15 is 0 Å². The molecule has 1 N–H and O–H groups in total. The number of amides is 1. The van der Waals surface area contributed by atoms with E-state index in [9.17, 15) is 13.2 Å². The molecule has 0 atom stereocenters. The quantitative estimate of drug-likeness (QED) is 0.873. The molecule has 0 aromatic heterocycles. The van der Waals surface area contributed by atoms with Crippen LogP contribution in [0.2, 0.25) is 0 Å². The van der Waals surface area contributed by atoms with Crippen molar-refractivity contribution in [2.45, 2.75) is 33.2 Å². The summed E-state index contributed by atoms with van der Waals surface area (Å²) >= 11 is 0. The van der Waals surface area contributed by atoms with Crippen LogP contribution in [0.15, 0.2) is 24.3 Å². The first-order valence-corrected chi connectivity index (χ1v) is 8.38. The molecule has 20 heavy (non-hydrogen) atoms. The highest BCUT2D eigenvalue weighted by molar-refractivity contribution is 7.88. The van der Waals surface area contributed by atoms with Crippen LogP contribution in [-0.4, -0.2) is 37.5 Å². The Kier molecular flexibility index (Phi) is 5.71. The molecule has 0 saturated carbocycles. The average molecular weight is 298 g/mol. The average Bonchev–Trinajstić information content (AvgIpc) is 2.26. The summed E-state index contributed by atoms with van der Waals surface area (Å²) in [5.74, 6) is -0.190. The summed E-state index contributed by atoms with van der Waals surface area (Å²) in [4.78, 5) is 11.8. The summed E-state index contributed by atoms with van der Waals surface area (Å²) in [6, 6.07) is 7.33. The van der Waals surface area contributed by atoms with Gasteiger partial charge in [0.25, 0.3) is 0 Å². The lowest BCUT2D eigenvalue weighted by Crippen LogP contribution is -2.38. The molecule has 0 radical (unpaired) electrons. The van der Waals surface area contributed by atoms with Gasteiger partial charge >= 0.3 is 0 Å². The Balaban J connectivity index is 2.59. The minimum absolute atomic E-state index is 0.138. The second kappa shape index (κ2) is 6.85. The smallest absolute Gasteiger partial charge is 0.225 e. The fourth-order valence-electron chi connectivity index (χ4n) is 1.97. The standard InChI is InChI=1S/C14H22N2O3S/c1-11(2)16(20(4,18)19)9-8-14(17)15-13-7-5-6-12(3)10-13/h5-7,10-11H,8-9H2,1-4H3,(H,15,17). The van der Waals surface area contributed by atoms with Crippen molar-refractivity contribution in [2.24, 2.45) is 0 Å². The van der Waals surface area contributed by atoms with E-state index in [0.717, 1.165) is 17.5 Å². The van der Waals surface area contributed by atoms with Crippen molar-refractivity contribution in [3.63, 3.8) is 0 Å². The first-order chi connectivity index (χ1) is 9.20. The molecule has 0 aliphatic carbocycles. The molecule has 1 aromatic carbocycles. The Labute approximate surface area is 121 Å². The van der Waals surface area contributed by atoms with Crippen LogP contribution in [-0.2, 0) is 14.8 Å². The summed E-state index contributed by atoms with van der Waals surface area (Å²) < 4.78 is 24.5. The maximum atomic E-state index is 11.8. The summed E-state index contributed by atoms with van der Waals surface area (Å²) in [5, 5.41) is 2.77. The Morgan fingerprint density at radius 3 is 2.50 bits per heavy atom. The molecule has 6 heteroatoms. The van der Waals surface area contributed by atoms with Crippen molar-refractivity contribution in [3.05, 3.63) is 29.8 Å². The maximum Gasteiger partial charge on any atom is 0.225 e. The van der Waals surface area contributed by atoms with Crippen molar-refractivity contribution >= 4 is 21.6 Å². The van der Waals surface area contributed by atoms with Gasteiger partial charge in [0.15, 0.2) is 0 Å². The van der Waals surface area contributed by atoms with E-state index in [1.54, 1.807) is 13.8 Å². The van der Waals surface area contributed by atoms with Gasteiger partial charge in [0, 0.05) is 24.7 Å². The van der Waals surface area contributed by atoms with Crippen LogP contribution in [0.5, 0.6) is 0 Å². The van der Waals surface area contributed by atoms with Gasteiger partial charge in [-0.3, -0.25) is 4.79 Å². The molecule has 0 fully saturated rings. The van der Waals surface area contributed by atoms with Crippen molar-refractivity contribution in [2.75, 3.05) is 18.1 Å². The molecule has 0 bridgehead atoms. The van der Waals surface area contributed by atoms with Crippen LogP contribution in [0, 0.1) is 6.92 Å². The first kappa shape index (κ1) is 16.7. The van der Waals surface area contributed by atoms with Gasteiger partial charge in [0.05, 0.1) is 6.26 Å². The third-order valence-corrected chi connectivity index (χ3v) is 4.32. The van der Waals surface area contributed by atoms with Gasteiger partial charge in [-0.1, -0.05) is 12.1 Å². The highest BCUT2D eigenvalue weighted by atomic mass is 32.2. The lowest BCUT2D eigenvalue weighted by molar-refractivity contribution is -0.116. The van der Waals surface area contributed by atoms with E-state index < -0.39 is 10.0 Å². The molecular weight excluding hydrogens is 276 g/mol. The Morgan fingerprint density at radius 2 is 2.00 bits per heavy atom. The summed E-state index contributed by atoms with van der Waals surface area (Å²) in [5.41, 5.74) is 1.79. The Bertz CT molecular complexity index is 568.